The first-order valence-electron chi connectivity index (χ1n) is 8.21. The Kier molecular flexibility index (Phi) is 2.89. The summed E-state index contributed by atoms with van der Waals surface area (Å²) in [6.07, 6.45) is 0. The van der Waals surface area contributed by atoms with Gasteiger partial charge in [-0.15, -0.1) is 0 Å². The van der Waals surface area contributed by atoms with Gasteiger partial charge in [-0.05, 0) is 55.6 Å². The summed E-state index contributed by atoms with van der Waals surface area (Å²) in [5.41, 5.74) is 2.52. The zero-order chi connectivity index (χ0) is 15.9. The van der Waals surface area contributed by atoms with Gasteiger partial charge in [-0.3, -0.25) is 0 Å². The van der Waals surface area contributed by atoms with E-state index < -0.39 is 0 Å². The second kappa shape index (κ2) is 5.21. The Morgan fingerprint density at radius 1 is 0.542 bits per heavy atom. The first-order chi connectivity index (χ1) is 11.9. The summed E-state index contributed by atoms with van der Waals surface area (Å²) in [6, 6.07) is 35.7. The molecule has 24 heavy (non-hydrogen) atoms. The molecule has 111 valence electrons. The maximum absolute atomic E-state index is 3.33. The van der Waals surface area contributed by atoms with E-state index in [4.69, 9.17) is 0 Å². The molecule has 0 heteroatoms. The highest BCUT2D eigenvalue weighted by atomic mass is 14.1. The lowest BCUT2D eigenvalue weighted by atomic mass is 9.94. The molecular weight excluding hydrogens is 288 g/mol. The van der Waals surface area contributed by atoms with E-state index in [-0.39, 0.29) is 0 Å². The molecule has 0 heterocycles. The van der Waals surface area contributed by atoms with Gasteiger partial charge in [-0.1, -0.05) is 84.9 Å². The lowest BCUT2D eigenvalue weighted by Crippen LogP contribution is -1.83. The summed E-state index contributed by atoms with van der Waals surface area (Å²) in [6.45, 7) is 0. The second-order valence-electron chi connectivity index (χ2n) is 6.16. The third-order valence-electron chi connectivity index (χ3n) is 4.76. The van der Waals surface area contributed by atoms with Crippen LogP contribution in [0.15, 0.2) is 91.0 Å². The number of rotatable bonds is 1. The second-order valence-corrected chi connectivity index (χ2v) is 6.16. The number of benzene rings is 5. The van der Waals surface area contributed by atoms with E-state index in [2.05, 4.69) is 91.0 Å². The lowest BCUT2D eigenvalue weighted by molar-refractivity contribution is 1.68. The van der Waals surface area contributed by atoms with E-state index >= 15 is 0 Å². The average molecular weight is 303 g/mol. The van der Waals surface area contributed by atoms with Crippen LogP contribution in [0.5, 0.6) is 0 Å². The Hall–Kier alpha value is -3.12. The number of hydrogen-bond donors (Lipinski definition) is 0. The van der Waals surface area contributed by atoms with Gasteiger partial charge in [0.05, 0.1) is 0 Å². The molecule has 0 aliphatic carbocycles. The Labute approximate surface area is 141 Å². The van der Waals surface area contributed by atoms with Gasteiger partial charge >= 0.3 is 0 Å². The third kappa shape index (κ3) is 2.00. The van der Waals surface area contributed by atoms with Crippen LogP contribution in [0.3, 0.4) is 0 Å². The summed E-state index contributed by atoms with van der Waals surface area (Å²) in [5, 5.41) is 7.59. The van der Waals surface area contributed by atoms with Crippen LogP contribution >= 0.6 is 0 Å². The maximum Gasteiger partial charge on any atom is -0.00987 e. The van der Waals surface area contributed by atoms with Crippen molar-refractivity contribution >= 4 is 32.3 Å². The summed E-state index contributed by atoms with van der Waals surface area (Å²) in [7, 11) is 0. The minimum Gasteiger partial charge on any atom is -0.0616 e. The van der Waals surface area contributed by atoms with E-state index in [1.165, 1.54) is 38.1 Å². The molecule has 0 aromatic heterocycles. The predicted molar refractivity (Wildman–Crippen MR) is 103 cm³/mol. The van der Waals surface area contributed by atoms with Crippen molar-refractivity contribution in [3.63, 3.8) is 0 Å². The standard InChI is InChI=1S/C24H15/c1-3-9-21-17(6-1)8-5-11-23(21)20-15-14-19-13-12-18-7-2-4-10-22(18)24(19)16-20/h1-7,9-16H. The third-order valence-corrected chi connectivity index (χ3v) is 4.76. The van der Waals surface area contributed by atoms with Gasteiger partial charge in [-0.2, -0.15) is 0 Å². The van der Waals surface area contributed by atoms with E-state index in [1.54, 1.807) is 0 Å². The van der Waals surface area contributed by atoms with Crippen molar-refractivity contribution in [1.82, 2.24) is 0 Å². The molecule has 0 aliphatic heterocycles. The topological polar surface area (TPSA) is 0 Å². The van der Waals surface area contributed by atoms with Crippen molar-refractivity contribution in [2.75, 3.05) is 0 Å². The van der Waals surface area contributed by atoms with E-state index in [1.807, 2.05) is 6.07 Å². The molecule has 0 saturated carbocycles. The van der Waals surface area contributed by atoms with Crippen LogP contribution in [-0.2, 0) is 0 Å². The minimum atomic E-state index is 1.16. The van der Waals surface area contributed by atoms with Gasteiger partial charge in [0.15, 0.2) is 0 Å². The molecule has 0 fully saturated rings. The van der Waals surface area contributed by atoms with Crippen LogP contribution in [0.1, 0.15) is 0 Å². The van der Waals surface area contributed by atoms with Gasteiger partial charge in [-0.25, -0.2) is 0 Å². The first kappa shape index (κ1) is 13.3. The van der Waals surface area contributed by atoms with Gasteiger partial charge in [0.25, 0.3) is 0 Å². The fourth-order valence-electron chi connectivity index (χ4n) is 3.57. The average Bonchev–Trinajstić information content (AvgIpc) is 2.67. The zero-order valence-electron chi connectivity index (χ0n) is 13.2. The maximum atomic E-state index is 3.33. The molecule has 0 atom stereocenters. The van der Waals surface area contributed by atoms with Crippen molar-refractivity contribution < 1.29 is 0 Å². The Balaban J connectivity index is 1.85. The molecule has 0 nitrogen and oxygen atoms in total. The molecule has 0 amide bonds. The summed E-state index contributed by atoms with van der Waals surface area (Å²) in [4.78, 5) is 0. The van der Waals surface area contributed by atoms with Crippen LogP contribution in [0.2, 0.25) is 0 Å². The normalized spacial score (nSPS) is 11.3. The van der Waals surface area contributed by atoms with Gasteiger partial charge in [0.2, 0.25) is 0 Å². The summed E-state index contributed by atoms with van der Waals surface area (Å²) < 4.78 is 0. The predicted octanol–water partition coefficient (Wildman–Crippen LogP) is 6.61. The molecule has 0 N–H and O–H groups in total. The van der Waals surface area contributed by atoms with E-state index in [0.29, 0.717) is 0 Å². The first-order valence-corrected chi connectivity index (χ1v) is 8.21. The SMILES string of the molecule is [c]1ccc(-c2ccc3ccc4ccccc4c3c2)c2ccccc12. The summed E-state index contributed by atoms with van der Waals surface area (Å²) >= 11 is 0. The molecule has 0 bridgehead atoms. The molecule has 1 radical (unpaired) electrons. The van der Waals surface area contributed by atoms with Gasteiger partial charge in [0, 0.05) is 0 Å². The smallest absolute Gasteiger partial charge is 0.00987 e. The molecular formula is C24H15. The van der Waals surface area contributed by atoms with E-state index in [9.17, 15) is 0 Å². The monoisotopic (exact) mass is 303 g/mol. The van der Waals surface area contributed by atoms with Crippen molar-refractivity contribution in [3.05, 3.63) is 97.1 Å². The Morgan fingerprint density at radius 2 is 1.25 bits per heavy atom. The van der Waals surface area contributed by atoms with E-state index in [0.717, 1.165) is 5.39 Å². The lowest BCUT2D eigenvalue weighted by Gasteiger charge is -2.10. The Bertz CT molecular complexity index is 1190. The molecule has 5 aromatic rings. The van der Waals surface area contributed by atoms with Crippen LogP contribution < -0.4 is 0 Å². The van der Waals surface area contributed by atoms with Crippen LogP contribution in [0.25, 0.3) is 43.4 Å². The number of hydrogen-bond acceptors (Lipinski definition) is 0. The van der Waals surface area contributed by atoms with Crippen LogP contribution in [-0.4, -0.2) is 0 Å². The van der Waals surface area contributed by atoms with Crippen LogP contribution in [0.4, 0.5) is 0 Å². The van der Waals surface area contributed by atoms with Crippen molar-refractivity contribution in [2.24, 2.45) is 0 Å². The highest BCUT2D eigenvalue weighted by Gasteiger charge is 2.06. The fourth-order valence-corrected chi connectivity index (χ4v) is 3.57. The molecule has 0 saturated heterocycles. The van der Waals surface area contributed by atoms with Crippen molar-refractivity contribution in [1.29, 1.82) is 0 Å². The van der Waals surface area contributed by atoms with Crippen molar-refractivity contribution in [2.45, 2.75) is 0 Å². The molecule has 0 aliphatic rings. The largest absolute Gasteiger partial charge is 0.0616 e. The zero-order valence-corrected chi connectivity index (χ0v) is 13.2. The molecule has 5 aromatic carbocycles. The highest BCUT2D eigenvalue weighted by Crippen LogP contribution is 2.33. The summed E-state index contributed by atoms with van der Waals surface area (Å²) in [5.74, 6) is 0. The van der Waals surface area contributed by atoms with Gasteiger partial charge in [0.1, 0.15) is 0 Å². The van der Waals surface area contributed by atoms with Crippen molar-refractivity contribution in [3.8, 4) is 11.1 Å². The Morgan fingerprint density at radius 3 is 2.17 bits per heavy atom. The highest BCUT2D eigenvalue weighted by molar-refractivity contribution is 6.09. The quantitative estimate of drug-likeness (QED) is 0.305. The van der Waals surface area contributed by atoms with Gasteiger partial charge < -0.3 is 0 Å². The minimum absolute atomic E-state index is 1.16. The fraction of sp³-hybridized carbons (Fsp3) is 0. The number of fused-ring (bicyclic) bond motifs is 4. The molecule has 0 unspecified atom stereocenters. The molecule has 5 rings (SSSR count). The molecule has 0 spiro atoms. The van der Waals surface area contributed by atoms with Crippen LogP contribution in [0, 0.1) is 6.07 Å².